The molecule has 0 atom stereocenters. The van der Waals surface area contributed by atoms with Gasteiger partial charge >= 0.3 is 5.97 Å². The first-order chi connectivity index (χ1) is 11.0. The van der Waals surface area contributed by atoms with Gasteiger partial charge < -0.3 is 10.2 Å². The van der Waals surface area contributed by atoms with Crippen LogP contribution in [0.5, 0.6) is 5.75 Å². The van der Waals surface area contributed by atoms with Crippen LogP contribution in [-0.4, -0.2) is 16.2 Å². The maximum absolute atomic E-state index is 9.70. The van der Waals surface area contributed by atoms with Crippen molar-refractivity contribution in [3.05, 3.63) is 66.7 Å². The predicted molar refractivity (Wildman–Crippen MR) is 93.5 cm³/mol. The topological polar surface area (TPSA) is 57.5 Å². The van der Waals surface area contributed by atoms with E-state index in [-0.39, 0.29) is 5.92 Å². The van der Waals surface area contributed by atoms with Crippen LogP contribution < -0.4 is 0 Å². The lowest BCUT2D eigenvalue weighted by atomic mass is 9.98. The van der Waals surface area contributed by atoms with Gasteiger partial charge in [0.1, 0.15) is 5.75 Å². The van der Waals surface area contributed by atoms with Gasteiger partial charge in [0.25, 0.3) is 0 Å². The molecule has 0 fully saturated rings. The SMILES string of the molecule is CC(C)C(=O)O.Oc1ccc(-c2cccc3ccccc23)cc1. The van der Waals surface area contributed by atoms with E-state index in [1.54, 1.807) is 26.0 Å². The maximum Gasteiger partial charge on any atom is 0.305 e. The van der Waals surface area contributed by atoms with Crippen LogP contribution in [-0.2, 0) is 4.79 Å². The van der Waals surface area contributed by atoms with Gasteiger partial charge in [0.15, 0.2) is 0 Å². The molecular weight excluding hydrogens is 288 g/mol. The van der Waals surface area contributed by atoms with Crippen molar-refractivity contribution in [3.8, 4) is 16.9 Å². The number of aromatic hydroxyl groups is 1. The summed E-state index contributed by atoms with van der Waals surface area (Å²) in [7, 11) is 0. The summed E-state index contributed by atoms with van der Waals surface area (Å²) in [4.78, 5) is 9.70. The summed E-state index contributed by atoms with van der Waals surface area (Å²) < 4.78 is 0. The Balaban J connectivity index is 0.000000277. The van der Waals surface area contributed by atoms with Gasteiger partial charge in [-0.05, 0) is 34.0 Å². The average molecular weight is 308 g/mol. The number of rotatable bonds is 2. The molecule has 0 unspecified atom stereocenters. The molecule has 0 aliphatic carbocycles. The van der Waals surface area contributed by atoms with Crippen molar-refractivity contribution in [2.45, 2.75) is 13.8 Å². The average Bonchev–Trinajstić information content (AvgIpc) is 2.55. The zero-order chi connectivity index (χ0) is 16.8. The van der Waals surface area contributed by atoms with Crippen molar-refractivity contribution in [3.63, 3.8) is 0 Å². The number of carbonyl (C=O) groups is 1. The molecule has 0 saturated carbocycles. The Labute approximate surface area is 135 Å². The fourth-order valence-electron chi connectivity index (χ4n) is 2.12. The summed E-state index contributed by atoms with van der Waals surface area (Å²) in [6.07, 6.45) is 0. The van der Waals surface area contributed by atoms with Crippen molar-refractivity contribution in [1.82, 2.24) is 0 Å². The third-order valence-corrected chi connectivity index (χ3v) is 3.46. The van der Waals surface area contributed by atoms with E-state index in [1.165, 1.54) is 16.3 Å². The van der Waals surface area contributed by atoms with Gasteiger partial charge in [0.2, 0.25) is 0 Å². The van der Waals surface area contributed by atoms with Crippen LogP contribution in [0, 0.1) is 5.92 Å². The van der Waals surface area contributed by atoms with E-state index in [0.717, 1.165) is 5.56 Å². The smallest absolute Gasteiger partial charge is 0.305 e. The molecule has 2 N–H and O–H groups in total. The molecule has 0 radical (unpaired) electrons. The highest BCUT2D eigenvalue weighted by Crippen LogP contribution is 2.29. The highest BCUT2D eigenvalue weighted by atomic mass is 16.4. The summed E-state index contributed by atoms with van der Waals surface area (Å²) in [5, 5.41) is 19.8. The molecule has 0 bridgehead atoms. The molecule has 0 spiro atoms. The third kappa shape index (κ3) is 4.33. The van der Waals surface area contributed by atoms with E-state index in [9.17, 15) is 9.90 Å². The number of phenolic OH excluding ortho intramolecular Hbond substituents is 1. The second kappa shape index (κ2) is 7.45. The standard InChI is InChI=1S/C16H12O.C4H8O2/c17-14-10-8-13(9-11-14)16-7-3-5-12-4-1-2-6-15(12)16;1-3(2)4(5)6/h1-11,17H;3H,1-2H3,(H,5,6). The minimum Gasteiger partial charge on any atom is -0.508 e. The molecule has 0 aliphatic heterocycles. The van der Waals surface area contributed by atoms with Crippen molar-refractivity contribution in [1.29, 1.82) is 0 Å². The maximum atomic E-state index is 9.70. The zero-order valence-electron chi connectivity index (χ0n) is 13.2. The number of hydrogen-bond donors (Lipinski definition) is 2. The lowest BCUT2D eigenvalue weighted by molar-refractivity contribution is -0.140. The Kier molecular flexibility index (Phi) is 5.36. The van der Waals surface area contributed by atoms with E-state index in [2.05, 4.69) is 30.3 Å². The zero-order valence-corrected chi connectivity index (χ0v) is 13.2. The minimum atomic E-state index is -0.741. The van der Waals surface area contributed by atoms with Crippen LogP contribution >= 0.6 is 0 Å². The van der Waals surface area contributed by atoms with E-state index < -0.39 is 5.97 Å². The lowest BCUT2D eigenvalue weighted by Gasteiger charge is -2.06. The van der Waals surface area contributed by atoms with Gasteiger partial charge in [-0.25, -0.2) is 0 Å². The summed E-state index contributed by atoms with van der Waals surface area (Å²) in [5.74, 6) is -0.672. The van der Waals surface area contributed by atoms with Crippen molar-refractivity contribution in [2.75, 3.05) is 0 Å². The number of benzene rings is 3. The van der Waals surface area contributed by atoms with Crippen molar-refractivity contribution >= 4 is 16.7 Å². The summed E-state index contributed by atoms with van der Waals surface area (Å²) in [6, 6.07) is 21.9. The molecule has 3 nitrogen and oxygen atoms in total. The molecule has 118 valence electrons. The van der Waals surface area contributed by atoms with Gasteiger partial charge in [-0.1, -0.05) is 68.4 Å². The molecule has 0 amide bonds. The lowest BCUT2D eigenvalue weighted by Crippen LogP contribution is -2.03. The fraction of sp³-hybridized carbons (Fsp3) is 0.150. The van der Waals surface area contributed by atoms with Crippen LogP contribution in [0.25, 0.3) is 21.9 Å². The van der Waals surface area contributed by atoms with E-state index >= 15 is 0 Å². The van der Waals surface area contributed by atoms with Crippen molar-refractivity contribution < 1.29 is 15.0 Å². The number of fused-ring (bicyclic) bond motifs is 1. The molecule has 0 heterocycles. The molecule has 0 saturated heterocycles. The second-order valence-corrected chi connectivity index (χ2v) is 5.57. The predicted octanol–water partition coefficient (Wildman–Crippen LogP) is 4.94. The minimum absolute atomic E-state index is 0.231. The Morgan fingerprint density at radius 1 is 0.870 bits per heavy atom. The first-order valence-corrected chi connectivity index (χ1v) is 7.49. The molecule has 3 heteroatoms. The first-order valence-electron chi connectivity index (χ1n) is 7.49. The number of hydrogen-bond acceptors (Lipinski definition) is 2. The molecular formula is C20H20O3. The molecule has 3 rings (SSSR count). The third-order valence-electron chi connectivity index (χ3n) is 3.46. The summed E-state index contributed by atoms with van der Waals surface area (Å²) in [6.45, 7) is 3.28. The van der Waals surface area contributed by atoms with Gasteiger partial charge in [-0.15, -0.1) is 0 Å². The molecule has 3 aromatic carbocycles. The summed E-state index contributed by atoms with van der Waals surface area (Å²) in [5.41, 5.74) is 2.32. The van der Waals surface area contributed by atoms with Gasteiger partial charge in [0.05, 0.1) is 5.92 Å². The van der Waals surface area contributed by atoms with Gasteiger partial charge in [-0.2, -0.15) is 0 Å². The summed E-state index contributed by atoms with van der Waals surface area (Å²) >= 11 is 0. The van der Waals surface area contributed by atoms with E-state index in [1.807, 2.05) is 24.3 Å². The van der Waals surface area contributed by atoms with E-state index in [4.69, 9.17) is 5.11 Å². The quantitative estimate of drug-likeness (QED) is 0.705. The number of carboxylic acids is 1. The molecule has 0 aromatic heterocycles. The Morgan fingerprint density at radius 2 is 1.43 bits per heavy atom. The first kappa shape index (κ1) is 16.6. The Bertz CT molecular complexity index is 784. The van der Waals surface area contributed by atoms with Gasteiger partial charge in [-0.3, -0.25) is 4.79 Å². The number of aliphatic carboxylic acids is 1. The largest absolute Gasteiger partial charge is 0.508 e. The van der Waals surface area contributed by atoms with Crippen LogP contribution in [0.1, 0.15) is 13.8 Å². The Morgan fingerprint density at radius 3 is 2.04 bits per heavy atom. The van der Waals surface area contributed by atoms with E-state index in [0.29, 0.717) is 5.75 Å². The fourth-order valence-corrected chi connectivity index (χ4v) is 2.12. The Hall–Kier alpha value is -2.81. The number of phenols is 1. The molecule has 0 aliphatic rings. The van der Waals surface area contributed by atoms with Crippen LogP contribution in [0.3, 0.4) is 0 Å². The van der Waals surface area contributed by atoms with Crippen LogP contribution in [0.4, 0.5) is 0 Å². The normalized spacial score (nSPS) is 10.2. The molecule has 23 heavy (non-hydrogen) atoms. The van der Waals surface area contributed by atoms with Crippen molar-refractivity contribution in [2.24, 2.45) is 5.92 Å². The highest BCUT2D eigenvalue weighted by molar-refractivity contribution is 5.96. The highest BCUT2D eigenvalue weighted by Gasteiger charge is 2.02. The second-order valence-electron chi connectivity index (χ2n) is 5.57. The number of carboxylic acid groups (broad SMARTS) is 1. The van der Waals surface area contributed by atoms with Crippen LogP contribution in [0.15, 0.2) is 66.7 Å². The van der Waals surface area contributed by atoms with Gasteiger partial charge in [0, 0.05) is 0 Å². The van der Waals surface area contributed by atoms with Crippen LogP contribution in [0.2, 0.25) is 0 Å². The monoisotopic (exact) mass is 308 g/mol. The molecule has 3 aromatic rings.